The van der Waals surface area contributed by atoms with Crippen molar-refractivity contribution in [2.45, 2.75) is 31.7 Å². The molecule has 4 heteroatoms. The summed E-state index contributed by atoms with van der Waals surface area (Å²) in [6.07, 6.45) is 4.69. The van der Waals surface area contributed by atoms with Crippen molar-refractivity contribution in [1.29, 1.82) is 0 Å². The number of carbonyl (C=O) groups is 1. The molecular weight excluding hydrogens is 228 g/mol. The molecule has 0 aromatic heterocycles. The van der Waals surface area contributed by atoms with Crippen LogP contribution < -0.4 is 15.4 Å². The van der Waals surface area contributed by atoms with Crippen molar-refractivity contribution in [3.05, 3.63) is 24.3 Å². The third kappa shape index (κ3) is 3.65. The lowest BCUT2D eigenvalue weighted by Crippen LogP contribution is -2.36. The molecule has 4 nitrogen and oxygen atoms in total. The first-order valence-corrected chi connectivity index (χ1v) is 6.45. The topological polar surface area (TPSA) is 50.4 Å². The Balaban J connectivity index is 1.77. The minimum atomic E-state index is 0.0599. The highest BCUT2D eigenvalue weighted by Crippen LogP contribution is 2.18. The van der Waals surface area contributed by atoms with Crippen molar-refractivity contribution < 1.29 is 9.53 Å². The number of carbonyl (C=O) groups excluding carboxylic acids is 1. The summed E-state index contributed by atoms with van der Waals surface area (Å²) < 4.78 is 5.13. The second-order valence-electron chi connectivity index (χ2n) is 4.63. The van der Waals surface area contributed by atoms with Crippen molar-refractivity contribution in [2.24, 2.45) is 0 Å². The van der Waals surface area contributed by atoms with E-state index in [9.17, 15) is 4.79 Å². The van der Waals surface area contributed by atoms with Crippen LogP contribution in [0.15, 0.2) is 24.3 Å². The number of hydrogen-bond acceptors (Lipinski definition) is 3. The highest BCUT2D eigenvalue weighted by Gasteiger charge is 2.16. The van der Waals surface area contributed by atoms with Gasteiger partial charge >= 0.3 is 0 Å². The number of rotatable bonds is 5. The Morgan fingerprint density at radius 2 is 2.17 bits per heavy atom. The monoisotopic (exact) mass is 248 g/mol. The molecule has 2 rings (SSSR count). The highest BCUT2D eigenvalue weighted by molar-refractivity contribution is 5.81. The number of benzene rings is 1. The molecule has 0 spiro atoms. The van der Waals surface area contributed by atoms with Gasteiger partial charge in [0.1, 0.15) is 5.75 Å². The minimum absolute atomic E-state index is 0.0599. The maximum absolute atomic E-state index is 11.7. The maximum atomic E-state index is 11.7. The predicted octanol–water partition coefficient (Wildman–Crippen LogP) is 2.17. The van der Waals surface area contributed by atoms with Crippen molar-refractivity contribution in [2.75, 3.05) is 19.0 Å². The van der Waals surface area contributed by atoms with Gasteiger partial charge < -0.3 is 15.4 Å². The van der Waals surface area contributed by atoms with Crippen molar-refractivity contribution in [1.82, 2.24) is 5.32 Å². The van der Waals surface area contributed by atoms with E-state index in [2.05, 4.69) is 10.6 Å². The smallest absolute Gasteiger partial charge is 0.239 e. The van der Waals surface area contributed by atoms with Gasteiger partial charge in [-0.25, -0.2) is 0 Å². The molecule has 2 N–H and O–H groups in total. The van der Waals surface area contributed by atoms with Gasteiger partial charge in [0.2, 0.25) is 5.91 Å². The number of hydrogen-bond donors (Lipinski definition) is 2. The first kappa shape index (κ1) is 12.7. The number of anilines is 1. The molecule has 0 unspecified atom stereocenters. The average Bonchev–Trinajstić information content (AvgIpc) is 2.89. The van der Waals surface area contributed by atoms with Gasteiger partial charge in [-0.1, -0.05) is 18.9 Å². The number of ether oxygens (including phenoxy) is 1. The van der Waals surface area contributed by atoms with E-state index >= 15 is 0 Å². The molecule has 18 heavy (non-hydrogen) atoms. The van der Waals surface area contributed by atoms with Crippen LogP contribution in [0.25, 0.3) is 0 Å². The first-order chi connectivity index (χ1) is 8.78. The van der Waals surface area contributed by atoms with Crippen molar-refractivity contribution >= 4 is 11.6 Å². The molecule has 1 aliphatic rings. The lowest BCUT2D eigenvalue weighted by Gasteiger charge is -2.13. The first-order valence-electron chi connectivity index (χ1n) is 6.45. The molecule has 1 saturated carbocycles. The van der Waals surface area contributed by atoms with Crippen molar-refractivity contribution in [3.63, 3.8) is 0 Å². The molecule has 1 aliphatic carbocycles. The number of methoxy groups -OCH3 is 1. The zero-order valence-corrected chi connectivity index (χ0v) is 10.7. The molecule has 1 aromatic rings. The summed E-state index contributed by atoms with van der Waals surface area (Å²) in [5.74, 6) is 0.848. The number of nitrogens with one attached hydrogen (secondary N) is 2. The largest absolute Gasteiger partial charge is 0.497 e. The van der Waals surface area contributed by atoms with Crippen LogP contribution in [0.1, 0.15) is 25.7 Å². The SMILES string of the molecule is COc1cccc(NCC(=O)NC2CCCC2)c1. The van der Waals surface area contributed by atoms with Crippen LogP contribution in [0, 0.1) is 0 Å². The average molecular weight is 248 g/mol. The maximum Gasteiger partial charge on any atom is 0.239 e. The van der Waals surface area contributed by atoms with Gasteiger partial charge in [0.25, 0.3) is 0 Å². The second kappa shape index (κ2) is 6.28. The third-order valence-electron chi connectivity index (χ3n) is 3.24. The zero-order chi connectivity index (χ0) is 12.8. The Morgan fingerprint density at radius 3 is 2.89 bits per heavy atom. The molecule has 0 radical (unpaired) electrons. The van der Waals surface area contributed by atoms with Gasteiger partial charge in [-0.05, 0) is 25.0 Å². The Bertz CT molecular complexity index is 401. The molecular formula is C14H20N2O2. The summed E-state index contributed by atoms with van der Waals surface area (Å²) in [5.41, 5.74) is 0.899. The Morgan fingerprint density at radius 1 is 1.39 bits per heavy atom. The van der Waals surface area contributed by atoms with Gasteiger partial charge in [-0.2, -0.15) is 0 Å². The van der Waals surface area contributed by atoms with E-state index < -0.39 is 0 Å². The minimum Gasteiger partial charge on any atom is -0.497 e. The van der Waals surface area contributed by atoms with E-state index in [1.807, 2.05) is 24.3 Å². The fourth-order valence-electron chi connectivity index (χ4n) is 2.26. The summed E-state index contributed by atoms with van der Waals surface area (Å²) in [6.45, 7) is 0.309. The van der Waals surface area contributed by atoms with E-state index in [0.29, 0.717) is 12.6 Å². The Labute approximate surface area is 108 Å². The molecule has 1 fully saturated rings. The molecule has 1 amide bonds. The highest BCUT2D eigenvalue weighted by atomic mass is 16.5. The summed E-state index contributed by atoms with van der Waals surface area (Å²) in [4.78, 5) is 11.7. The molecule has 98 valence electrons. The molecule has 0 aliphatic heterocycles. The fraction of sp³-hybridized carbons (Fsp3) is 0.500. The zero-order valence-electron chi connectivity index (χ0n) is 10.7. The molecule has 0 bridgehead atoms. The van der Waals surface area contributed by atoms with Crippen LogP contribution in [0.5, 0.6) is 5.75 Å². The van der Waals surface area contributed by atoms with Crippen LogP contribution in [-0.2, 0) is 4.79 Å². The van der Waals surface area contributed by atoms with Gasteiger partial charge in [0.05, 0.1) is 13.7 Å². The lowest BCUT2D eigenvalue weighted by molar-refractivity contribution is -0.120. The van der Waals surface area contributed by atoms with E-state index in [1.165, 1.54) is 12.8 Å². The van der Waals surface area contributed by atoms with Gasteiger partial charge in [-0.3, -0.25) is 4.79 Å². The lowest BCUT2D eigenvalue weighted by atomic mass is 10.2. The standard InChI is InChI=1S/C14H20N2O2/c1-18-13-8-4-7-12(9-13)15-10-14(17)16-11-5-2-3-6-11/h4,7-9,11,15H,2-3,5-6,10H2,1H3,(H,16,17). The van der Waals surface area contributed by atoms with Gasteiger partial charge in [-0.15, -0.1) is 0 Å². The summed E-state index contributed by atoms with van der Waals surface area (Å²) in [5, 5.41) is 6.15. The van der Waals surface area contributed by atoms with Crippen LogP contribution >= 0.6 is 0 Å². The van der Waals surface area contributed by atoms with Crippen LogP contribution in [0.3, 0.4) is 0 Å². The molecule has 0 atom stereocenters. The van der Waals surface area contributed by atoms with Crippen LogP contribution in [0.2, 0.25) is 0 Å². The normalized spacial score (nSPS) is 15.4. The Hall–Kier alpha value is -1.71. The van der Waals surface area contributed by atoms with E-state index in [0.717, 1.165) is 24.3 Å². The molecule has 0 saturated heterocycles. The van der Waals surface area contributed by atoms with Crippen LogP contribution in [-0.4, -0.2) is 25.6 Å². The van der Waals surface area contributed by atoms with Gasteiger partial charge in [0, 0.05) is 17.8 Å². The van der Waals surface area contributed by atoms with E-state index in [1.54, 1.807) is 7.11 Å². The quantitative estimate of drug-likeness (QED) is 0.839. The van der Waals surface area contributed by atoms with Crippen LogP contribution in [0.4, 0.5) is 5.69 Å². The van der Waals surface area contributed by atoms with E-state index in [-0.39, 0.29) is 5.91 Å². The van der Waals surface area contributed by atoms with Gasteiger partial charge in [0.15, 0.2) is 0 Å². The predicted molar refractivity (Wildman–Crippen MR) is 71.9 cm³/mol. The summed E-state index contributed by atoms with van der Waals surface area (Å²) in [7, 11) is 1.63. The van der Waals surface area contributed by atoms with Crippen molar-refractivity contribution in [3.8, 4) is 5.75 Å². The second-order valence-corrected chi connectivity index (χ2v) is 4.63. The number of amides is 1. The van der Waals surface area contributed by atoms with E-state index in [4.69, 9.17) is 4.74 Å². The summed E-state index contributed by atoms with van der Waals surface area (Å²) >= 11 is 0. The fourth-order valence-corrected chi connectivity index (χ4v) is 2.26. The molecule has 0 heterocycles. The summed E-state index contributed by atoms with van der Waals surface area (Å²) in [6, 6.07) is 7.96. The molecule has 1 aromatic carbocycles. The third-order valence-corrected chi connectivity index (χ3v) is 3.24. The Kier molecular flexibility index (Phi) is 4.45.